The molecule has 1 aliphatic rings. The summed E-state index contributed by atoms with van der Waals surface area (Å²) < 4.78 is 31.0. The fourth-order valence-electron chi connectivity index (χ4n) is 4.90. The quantitative estimate of drug-likeness (QED) is 0.205. The van der Waals surface area contributed by atoms with Crippen molar-refractivity contribution < 1.29 is 33.3 Å². The molecule has 0 aromatic heterocycles. The second kappa shape index (κ2) is 14.5. The summed E-state index contributed by atoms with van der Waals surface area (Å²) in [7, 11) is 0. The molecule has 5 rings (SSSR count). The van der Waals surface area contributed by atoms with Gasteiger partial charge in [-0.1, -0.05) is 97.1 Å². The van der Waals surface area contributed by atoms with Crippen molar-refractivity contribution in [3.63, 3.8) is 0 Å². The van der Waals surface area contributed by atoms with Crippen LogP contribution in [0.4, 0.5) is 0 Å². The van der Waals surface area contributed by atoms with Crippen molar-refractivity contribution in [3.05, 3.63) is 144 Å². The topological polar surface area (TPSA) is 80.3 Å². The Kier molecular flexibility index (Phi) is 10.1. The van der Waals surface area contributed by atoms with E-state index >= 15 is 0 Å². The molecule has 1 saturated heterocycles. The molecule has 4 aromatic rings. The Bertz CT molecular complexity index is 1400. The van der Waals surface area contributed by atoms with Crippen LogP contribution in [0.25, 0.3) is 0 Å². The molecule has 1 aliphatic heterocycles. The van der Waals surface area contributed by atoms with Crippen molar-refractivity contribution in [2.24, 2.45) is 0 Å². The number of hydrogen-bond acceptors (Lipinski definition) is 7. The lowest BCUT2D eigenvalue weighted by Crippen LogP contribution is -2.61. The van der Waals surface area contributed by atoms with Gasteiger partial charge < -0.3 is 23.7 Å². The van der Waals surface area contributed by atoms with Gasteiger partial charge in [0.1, 0.15) is 24.9 Å². The van der Waals surface area contributed by atoms with Crippen LogP contribution in [-0.4, -0.2) is 49.1 Å². The summed E-state index contributed by atoms with van der Waals surface area (Å²) in [5, 5.41) is 0. The van der Waals surface area contributed by atoms with Crippen LogP contribution in [0.3, 0.4) is 0 Å². The molecule has 7 nitrogen and oxygen atoms in total. The number of benzene rings is 4. The van der Waals surface area contributed by atoms with Gasteiger partial charge in [-0.05, 0) is 42.3 Å². The molecular formula is C35H34O7. The van der Waals surface area contributed by atoms with E-state index in [-0.39, 0.29) is 19.8 Å². The van der Waals surface area contributed by atoms with Gasteiger partial charge in [-0.15, -0.1) is 0 Å². The lowest BCUT2D eigenvalue weighted by atomic mass is 9.94. The van der Waals surface area contributed by atoms with Crippen molar-refractivity contribution in [1.29, 1.82) is 0 Å². The predicted molar refractivity (Wildman–Crippen MR) is 157 cm³/mol. The van der Waals surface area contributed by atoms with E-state index in [1.807, 2.05) is 79.7 Å². The highest BCUT2D eigenvalue weighted by Crippen LogP contribution is 2.31. The minimum absolute atomic E-state index is 0.0674. The maximum Gasteiger partial charge on any atom is 0.338 e. The molecule has 4 aromatic carbocycles. The summed E-state index contributed by atoms with van der Waals surface area (Å²) in [5.41, 5.74) is 2.77. The SMILES string of the molecule is C[C@@H]1OC(COC(=O)c2ccccc2)[C@H](OCc2ccccc2)[C@H](OCc2ccccc2)C1OC(=O)c1ccccc1. The van der Waals surface area contributed by atoms with E-state index in [1.54, 1.807) is 48.5 Å². The minimum atomic E-state index is -0.789. The Morgan fingerprint density at radius 3 is 1.57 bits per heavy atom. The highest BCUT2D eigenvalue weighted by atomic mass is 16.6. The summed E-state index contributed by atoms with van der Waals surface area (Å²) in [4.78, 5) is 26.0. The highest BCUT2D eigenvalue weighted by molar-refractivity contribution is 5.89. The first-order valence-electron chi connectivity index (χ1n) is 14.0. The van der Waals surface area contributed by atoms with Gasteiger partial charge in [0.25, 0.3) is 0 Å². The van der Waals surface area contributed by atoms with Crippen LogP contribution in [0, 0.1) is 0 Å². The molecule has 5 atom stereocenters. The maximum absolute atomic E-state index is 13.2. The molecule has 0 amide bonds. The minimum Gasteiger partial charge on any atom is -0.459 e. The smallest absolute Gasteiger partial charge is 0.338 e. The molecule has 7 heteroatoms. The predicted octanol–water partition coefficient (Wildman–Crippen LogP) is 6.03. The molecule has 0 N–H and O–H groups in total. The molecule has 0 bridgehead atoms. The van der Waals surface area contributed by atoms with Crippen LogP contribution in [0.2, 0.25) is 0 Å². The van der Waals surface area contributed by atoms with E-state index in [4.69, 9.17) is 23.7 Å². The fraction of sp³-hybridized carbons (Fsp3) is 0.257. The van der Waals surface area contributed by atoms with Gasteiger partial charge in [0.05, 0.1) is 30.4 Å². The Morgan fingerprint density at radius 2 is 1.05 bits per heavy atom. The van der Waals surface area contributed by atoms with Crippen LogP contribution in [0.1, 0.15) is 38.8 Å². The summed E-state index contributed by atoms with van der Waals surface area (Å²) in [5.74, 6) is -0.951. The molecule has 0 saturated carbocycles. The van der Waals surface area contributed by atoms with Crippen LogP contribution in [0.5, 0.6) is 0 Å². The van der Waals surface area contributed by atoms with Crippen LogP contribution in [-0.2, 0) is 36.9 Å². The van der Waals surface area contributed by atoms with Crippen molar-refractivity contribution in [2.45, 2.75) is 50.7 Å². The standard InChI is InChI=1S/C35H34O7/c1-25-31(42-35(37)29-20-12-5-13-21-29)33(39-23-27-16-8-3-9-17-27)32(38-22-26-14-6-2-7-15-26)30(41-25)24-40-34(36)28-18-10-4-11-19-28/h2-21,25,30-33H,22-24H2,1H3/t25-,30?,31?,32-,33+/m0/s1. The molecule has 0 radical (unpaired) electrons. The highest BCUT2D eigenvalue weighted by Gasteiger charge is 2.48. The number of carbonyl (C=O) groups is 2. The van der Waals surface area contributed by atoms with Gasteiger partial charge in [-0.3, -0.25) is 0 Å². The third-order valence-electron chi connectivity index (χ3n) is 7.08. The molecule has 1 heterocycles. The zero-order valence-electron chi connectivity index (χ0n) is 23.4. The third kappa shape index (κ3) is 7.70. The van der Waals surface area contributed by atoms with Gasteiger partial charge >= 0.3 is 11.9 Å². The first-order chi connectivity index (χ1) is 20.6. The van der Waals surface area contributed by atoms with Gasteiger partial charge in [0.2, 0.25) is 0 Å². The van der Waals surface area contributed by atoms with Crippen molar-refractivity contribution >= 4 is 11.9 Å². The zero-order chi connectivity index (χ0) is 29.1. The third-order valence-corrected chi connectivity index (χ3v) is 7.08. The largest absolute Gasteiger partial charge is 0.459 e. The average molecular weight is 567 g/mol. The second-order valence-corrected chi connectivity index (χ2v) is 10.1. The molecular weight excluding hydrogens is 532 g/mol. The monoisotopic (exact) mass is 566 g/mol. The number of ether oxygens (including phenoxy) is 5. The lowest BCUT2D eigenvalue weighted by Gasteiger charge is -2.44. The van der Waals surface area contributed by atoms with Crippen molar-refractivity contribution in [2.75, 3.05) is 6.61 Å². The van der Waals surface area contributed by atoms with Gasteiger partial charge in [-0.2, -0.15) is 0 Å². The number of rotatable bonds is 11. The zero-order valence-corrected chi connectivity index (χ0v) is 23.4. The summed E-state index contributed by atoms with van der Waals surface area (Å²) in [6.07, 6.45) is -3.48. The van der Waals surface area contributed by atoms with E-state index < -0.39 is 42.5 Å². The maximum atomic E-state index is 13.2. The molecule has 216 valence electrons. The normalized spacial score (nSPS) is 21.8. The number of hydrogen-bond donors (Lipinski definition) is 0. The van der Waals surface area contributed by atoms with Gasteiger partial charge in [0.15, 0.2) is 6.10 Å². The van der Waals surface area contributed by atoms with Crippen molar-refractivity contribution in [1.82, 2.24) is 0 Å². The first kappa shape index (κ1) is 29.2. The van der Waals surface area contributed by atoms with Gasteiger partial charge in [0, 0.05) is 0 Å². The van der Waals surface area contributed by atoms with E-state index in [0.717, 1.165) is 11.1 Å². The molecule has 42 heavy (non-hydrogen) atoms. The Hall–Kier alpha value is -4.30. The molecule has 2 unspecified atom stereocenters. The summed E-state index contributed by atoms with van der Waals surface area (Å²) >= 11 is 0. The number of esters is 2. The second-order valence-electron chi connectivity index (χ2n) is 10.1. The van der Waals surface area contributed by atoms with Crippen LogP contribution < -0.4 is 0 Å². The van der Waals surface area contributed by atoms with E-state index in [2.05, 4.69) is 0 Å². The Morgan fingerprint density at radius 1 is 0.595 bits per heavy atom. The average Bonchev–Trinajstić information content (AvgIpc) is 3.05. The lowest BCUT2D eigenvalue weighted by molar-refractivity contribution is -0.253. The van der Waals surface area contributed by atoms with E-state index in [9.17, 15) is 9.59 Å². The number of carbonyl (C=O) groups excluding carboxylic acids is 2. The van der Waals surface area contributed by atoms with E-state index in [0.29, 0.717) is 11.1 Å². The Balaban J connectivity index is 1.41. The fourth-order valence-corrected chi connectivity index (χ4v) is 4.90. The van der Waals surface area contributed by atoms with Crippen molar-refractivity contribution in [3.8, 4) is 0 Å². The first-order valence-corrected chi connectivity index (χ1v) is 14.0. The van der Waals surface area contributed by atoms with Crippen LogP contribution >= 0.6 is 0 Å². The van der Waals surface area contributed by atoms with Crippen LogP contribution in [0.15, 0.2) is 121 Å². The van der Waals surface area contributed by atoms with Gasteiger partial charge in [-0.25, -0.2) is 9.59 Å². The molecule has 1 fully saturated rings. The summed E-state index contributed by atoms with van der Waals surface area (Å²) in [6, 6.07) is 37.1. The molecule has 0 aliphatic carbocycles. The van der Waals surface area contributed by atoms with E-state index in [1.165, 1.54) is 0 Å². The molecule has 0 spiro atoms. The summed E-state index contributed by atoms with van der Waals surface area (Å²) in [6.45, 7) is 2.28. The Labute approximate surface area is 246 Å².